The van der Waals surface area contributed by atoms with Gasteiger partial charge in [-0.2, -0.15) is 0 Å². The first-order chi connectivity index (χ1) is 10.1. The first-order valence-electron chi connectivity index (χ1n) is 7.56. The molecule has 0 atom stereocenters. The molecule has 112 valence electrons. The monoisotopic (exact) mass is 284 g/mol. The Morgan fingerprint density at radius 1 is 1.14 bits per heavy atom. The number of benzene rings is 1. The molecule has 0 fully saturated rings. The van der Waals surface area contributed by atoms with Crippen molar-refractivity contribution >= 4 is 17.3 Å². The third kappa shape index (κ3) is 3.94. The van der Waals surface area contributed by atoms with Crippen LogP contribution in [0.3, 0.4) is 0 Å². The van der Waals surface area contributed by atoms with Crippen LogP contribution in [0.5, 0.6) is 0 Å². The molecule has 0 spiro atoms. The molecular formula is C17H24N4. The average molecular weight is 284 g/mol. The Hall–Kier alpha value is -2.10. The number of nitrogens with one attached hydrogen (secondary N) is 1. The van der Waals surface area contributed by atoms with E-state index in [0.717, 1.165) is 42.5 Å². The molecule has 0 saturated carbocycles. The lowest BCUT2D eigenvalue weighted by molar-refractivity contribution is 0.908. The van der Waals surface area contributed by atoms with Crippen LogP contribution in [0.1, 0.15) is 31.7 Å². The molecule has 4 heteroatoms. The normalized spacial score (nSPS) is 10.5. The van der Waals surface area contributed by atoms with Crippen molar-refractivity contribution in [2.24, 2.45) is 0 Å². The second kappa shape index (κ2) is 7.07. The molecule has 0 bridgehead atoms. The molecule has 1 aromatic carbocycles. The summed E-state index contributed by atoms with van der Waals surface area (Å²) in [5, 5.41) is 3.35. The van der Waals surface area contributed by atoms with Gasteiger partial charge < -0.3 is 10.2 Å². The predicted octanol–water partition coefficient (Wildman–Crippen LogP) is 3.94. The highest BCUT2D eigenvalue weighted by Crippen LogP contribution is 2.24. The first-order valence-corrected chi connectivity index (χ1v) is 7.56. The maximum atomic E-state index is 4.64. The Balaban J connectivity index is 2.32. The van der Waals surface area contributed by atoms with Gasteiger partial charge in [-0.15, -0.1) is 0 Å². The van der Waals surface area contributed by atoms with E-state index in [2.05, 4.69) is 65.2 Å². The summed E-state index contributed by atoms with van der Waals surface area (Å²) in [6, 6.07) is 10.4. The number of anilines is 3. The summed E-state index contributed by atoms with van der Waals surface area (Å²) in [7, 11) is 2.04. The average Bonchev–Trinajstić information content (AvgIpc) is 2.51. The quantitative estimate of drug-likeness (QED) is 0.872. The van der Waals surface area contributed by atoms with Crippen LogP contribution in [0.25, 0.3) is 0 Å². The van der Waals surface area contributed by atoms with Crippen LogP contribution in [0.15, 0.2) is 30.3 Å². The number of hydrogen-bond donors (Lipinski definition) is 1. The summed E-state index contributed by atoms with van der Waals surface area (Å²) >= 11 is 0. The van der Waals surface area contributed by atoms with Crippen molar-refractivity contribution in [2.45, 2.75) is 33.6 Å². The van der Waals surface area contributed by atoms with E-state index in [9.17, 15) is 0 Å². The molecule has 0 aliphatic heterocycles. The van der Waals surface area contributed by atoms with Crippen molar-refractivity contribution in [1.82, 2.24) is 9.97 Å². The van der Waals surface area contributed by atoms with Crippen LogP contribution in [-0.2, 0) is 6.42 Å². The van der Waals surface area contributed by atoms with Crippen molar-refractivity contribution in [1.29, 1.82) is 0 Å². The maximum Gasteiger partial charge on any atom is 0.138 e. The van der Waals surface area contributed by atoms with Crippen molar-refractivity contribution in [3.05, 3.63) is 41.7 Å². The minimum absolute atomic E-state index is 0.830. The van der Waals surface area contributed by atoms with Crippen LogP contribution >= 0.6 is 0 Å². The highest BCUT2D eigenvalue weighted by atomic mass is 15.2. The van der Waals surface area contributed by atoms with Gasteiger partial charge in [-0.1, -0.05) is 26.0 Å². The summed E-state index contributed by atoms with van der Waals surface area (Å²) in [4.78, 5) is 11.3. The fourth-order valence-corrected chi connectivity index (χ4v) is 2.13. The summed E-state index contributed by atoms with van der Waals surface area (Å²) in [5.41, 5.74) is 2.38. The smallest absolute Gasteiger partial charge is 0.138 e. The van der Waals surface area contributed by atoms with Crippen LogP contribution in [-0.4, -0.2) is 23.6 Å². The molecule has 4 nitrogen and oxygen atoms in total. The second-order valence-corrected chi connectivity index (χ2v) is 5.21. The van der Waals surface area contributed by atoms with Crippen molar-refractivity contribution in [3.8, 4) is 0 Å². The van der Waals surface area contributed by atoms with Gasteiger partial charge in [-0.3, -0.25) is 0 Å². The molecule has 21 heavy (non-hydrogen) atoms. The molecule has 2 aromatic rings. The lowest BCUT2D eigenvalue weighted by Crippen LogP contribution is -2.14. The number of aryl methyl sites for hydroxylation is 2. The van der Waals surface area contributed by atoms with Gasteiger partial charge in [0.05, 0.1) is 0 Å². The molecular weight excluding hydrogens is 260 g/mol. The summed E-state index contributed by atoms with van der Waals surface area (Å²) in [6.45, 7) is 7.25. The SMILES string of the molecule is CCCNc1cc(N(C)c2cccc(C)c2)nc(CC)n1. The number of aromatic nitrogens is 2. The Bertz CT molecular complexity index is 595. The molecule has 0 radical (unpaired) electrons. The van der Waals surface area contributed by atoms with E-state index in [-0.39, 0.29) is 0 Å². The van der Waals surface area contributed by atoms with E-state index < -0.39 is 0 Å². The van der Waals surface area contributed by atoms with Crippen LogP contribution in [0.2, 0.25) is 0 Å². The van der Waals surface area contributed by atoms with Crippen LogP contribution in [0, 0.1) is 6.92 Å². The fraction of sp³-hybridized carbons (Fsp3) is 0.412. The van der Waals surface area contributed by atoms with E-state index in [4.69, 9.17) is 0 Å². The third-order valence-corrected chi connectivity index (χ3v) is 3.36. The van der Waals surface area contributed by atoms with E-state index in [1.165, 1.54) is 5.56 Å². The molecule has 0 aliphatic carbocycles. The highest BCUT2D eigenvalue weighted by Gasteiger charge is 2.09. The Morgan fingerprint density at radius 3 is 2.62 bits per heavy atom. The van der Waals surface area contributed by atoms with Crippen LogP contribution in [0.4, 0.5) is 17.3 Å². The molecule has 0 amide bonds. The molecule has 1 N–H and O–H groups in total. The zero-order valence-corrected chi connectivity index (χ0v) is 13.3. The Morgan fingerprint density at radius 2 is 1.95 bits per heavy atom. The molecule has 0 unspecified atom stereocenters. The third-order valence-electron chi connectivity index (χ3n) is 3.36. The Labute approximate surface area is 127 Å². The molecule has 0 aliphatic rings. The standard InChI is InChI=1S/C17H24N4/c1-5-10-18-16-12-17(20-15(6-2)19-16)21(4)14-9-7-8-13(3)11-14/h7-9,11-12H,5-6,10H2,1-4H3,(H,18,19,20). The Kier molecular flexibility index (Phi) is 5.14. The van der Waals surface area contributed by atoms with E-state index in [1.807, 2.05) is 13.1 Å². The first kappa shape index (κ1) is 15.3. The maximum absolute atomic E-state index is 4.64. The molecule has 2 rings (SSSR count). The van der Waals surface area contributed by atoms with E-state index >= 15 is 0 Å². The van der Waals surface area contributed by atoms with Gasteiger partial charge in [0, 0.05) is 31.8 Å². The number of rotatable bonds is 6. The number of nitrogens with zero attached hydrogens (tertiary/aromatic N) is 3. The highest BCUT2D eigenvalue weighted by molar-refractivity contribution is 5.62. The predicted molar refractivity (Wildman–Crippen MR) is 89.4 cm³/mol. The summed E-state index contributed by atoms with van der Waals surface area (Å²) < 4.78 is 0. The topological polar surface area (TPSA) is 41.0 Å². The second-order valence-electron chi connectivity index (χ2n) is 5.21. The van der Waals surface area contributed by atoms with Gasteiger partial charge in [-0.25, -0.2) is 9.97 Å². The van der Waals surface area contributed by atoms with Gasteiger partial charge in [0.1, 0.15) is 17.5 Å². The fourth-order valence-electron chi connectivity index (χ4n) is 2.13. The summed E-state index contributed by atoms with van der Waals surface area (Å²) in [6.07, 6.45) is 1.91. The lowest BCUT2D eigenvalue weighted by Gasteiger charge is -2.20. The zero-order chi connectivity index (χ0) is 15.2. The molecule has 0 saturated heterocycles. The zero-order valence-electron chi connectivity index (χ0n) is 13.3. The minimum atomic E-state index is 0.830. The van der Waals surface area contributed by atoms with Gasteiger partial charge in [-0.05, 0) is 31.0 Å². The van der Waals surface area contributed by atoms with Gasteiger partial charge in [0.15, 0.2) is 0 Å². The molecule has 1 aromatic heterocycles. The van der Waals surface area contributed by atoms with Gasteiger partial charge in [0.2, 0.25) is 0 Å². The van der Waals surface area contributed by atoms with Gasteiger partial charge >= 0.3 is 0 Å². The van der Waals surface area contributed by atoms with E-state index in [0.29, 0.717) is 0 Å². The van der Waals surface area contributed by atoms with Crippen molar-refractivity contribution in [3.63, 3.8) is 0 Å². The van der Waals surface area contributed by atoms with Crippen molar-refractivity contribution < 1.29 is 0 Å². The lowest BCUT2D eigenvalue weighted by atomic mass is 10.2. The number of hydrogen-bond acceptors (Lipinski definition) is 4. The van der Waals surface area contributed by atoms with Crippen LogP contribution < -0.4 is 10.2 Å². The minimum Gasteiger partial charge on any atom is -0.370 e. The van der Waals surface area contributed by atoms with Crippen molar-refractivity contribution in [2.75, 3.05) is 23.8 Å². The van der Waals surface area contributed by atoms with E-state index in [1.54, 1.807) is 0 Å². The van der Waals surface area contributed by atoms with Gasteiger partial charge in [0.25, 0.3) is 0 Å². The largest absolute Gasteiger partial charge is 0.370 e. The molecule has 1 heterocycles. The summed E-state index contributed by atoms with van der Waals surface area (Å²) in [5.74, 6) is 2.69.